The van der Waals surface area contributed by atoms with Crippen molar-refractivity contribution in [2.45, 2.75) is 147 Å². The summed E-state index contributed by atoms with van der Waals surface area (Å²) < 4.78 is 28.8. The van der Waals surface area contributed by atoms with E-state index >= 15 is 4.79 Å². The minimum atomic E-state index is -1.42. The molecule has 0 aromatic heterocycles. The highest BCUT2D eigenvalue weighted by Gasteiger charge is 2.65. The number of amides is 1. The highest BCUT2D eigenvalue weighted by molar-refractivity contribution is 6.03. The van der Waals surface area contributed by atoms with E-state index in [1.807, 2.05) is 47.4 Å². The summed E-state index contributed by atoms with van der Waals surface area (Å²) in [6.45, 7) is 7.06. The standard InChI is InChI=1S/C53H71FN2O7/c1-3-5-6-7-8-9-10-11-15-24-50(60)56(37-39-25-27-42(54)28-26-39)49-36-47(55-62-38-40-20-13-12-14-21-40)45-34-41(22-16-18-31-57)44(23-17-19-32-58)51-46-35-43(59)29-30-48(46)63-53(49,52(45)51)61-33-4-2/h4,12-14,20-21,25-30,34-35,41,44,49,51-52,57-59H,2-3,5-11,15-19,22-24,31-33,36-38H2,1H3. The monoisotopic (exact) mass is 867 g/mol. The number of fused-ring (bicyclic) bond motifs is 2. The highest BCUT2D eigenvalue weighted by Crippen LogP contribution is 2.62. The van der Waals surface area contributed by atoms with Gasteiger partial charge in [0.2, 0.25) is 11.7 Å². The minimum Gasteiger partial charge on any atom is -0.508 e. The van der Waals surface area contributed by atoms with Crippen molar-refractivity contribution < 1.29 is 38.8 Å². The van der Waals surface area contributed by atoms with Crippen LogP contribution in [-0.4, -0.2) is 63.5 Å². The number of unbranched alkanes of at least 4 members (excludes halogenated alkanes) is 10. The van der Waals surface area contributed by atoms with Crippen molar-refractivity contribution in [3.8, 4) is 11.5 Å². The lowest BCUT2D eigenvalue weighted by atomic mass is 9.55. The van der Waals surface area contributed by atoms with Crippen LogP contribution >= 0.6 is 0 Å². The Morgan fingerprint density at radius 3 is 2.29 bits per heavy atom. The normalized spacial score (nSPS) is 23.0. The van der Waals surface area contributed by atoms with Crippen LogP contribution < -0.4 is 4.74 Å². The molecule has 342 valence electrons. The summed E-state index contributed by atoms with van der Waals surface area (Å²) in [4.78, 5) is 23.2. The van der Waals surface area contributed by atoms with Gasteiger partial charge in [-0.1, -0.05) is 131 Å². The van der Waals surface area contributed by atoms with Crippen molar-refractivity contribution in [3.05, 3.63) is 120 Å². The second-order valence-electron chi connectivity index (χ2n) is 17.8. The molecule has 3 aromatic carbocycles. The van der Waals surface area contributed by atoms with Gasteiger partial charge in [0.25, 0.3) is 0 Å². The first-order chi connectivity index (χ1) is 30.8. The SMILES string of the molecule is C=CCOC12Oc3ccc(O)cc3C3C(CCCCO)C(CCCCO)C=C(C(=NOCc4ccccc4)CC1N(Cc1ccc(F)cc1)C(=O)CCCCCCCCCCC)C32. The largest absolute Gasteiger partial charge is 0.508 e. The van der Waals surface area contributed by atoms with Gasteiger partial charge in [-0.3, -0.25) is 4.79 Å². The summed E-state index contributed by atoms with van der Waals surface area (Å²) in [6.07, 6.45) is 19.3. The van der Waals surface area contributed by atoms with Crippen LogP contribution in [0, 0.1) is 23.6 Å². The molecule has 1 fully saturated rings. The molecule has 10 heteroatoms. The maximum Gasteiger partial charge on any atom is 0.239 e. The first-order valence-electron chi connectivity index (χ1n) is 23.8. The van der Waals surface area contributed by atoms with Crippen LogP contribution in [0.2, 0.25) is 0 Å². The van der Waals surface area contributed by atoms with E-state index in [4.69, 9.17) is 19.5 Å². The molecular formula is C53H71FN2O7. The van der Waals surface area contributed by atoms with Crippen LogP contribution in [0.25, 0.3) is 0 Å². The van der Waals surface area contributed by atoms with Crippen molar-refractivity contribution >= 4 is 11.6 Å². The highest BCUT2D eigenvalue weighted by atomic mass is 19.1. The smallest absolute Gasteiger partial charge is 0.239 e. The number of benzene rings is 3. The van der Waals surface area contributed by atoms with Gasteiger partial charge < -0.3 is 34.5 Å². The molecule has 0 radical (unpaired) electrons. The van der Waals surface area contributed by atoms with E-state index < -0.39 is 17.7 Å². The lowest BCUT2D eigenvalue weighted by Crippen LogP contribution is -2.70. The Labute approximate surface area is 375 Å². The van der Waals surface area contributed by atoms with Crippen LogP contribution in [0.3, 0.4) is 0 Å². The second-order valence-corrected chi connectivity index (χ2v) is 17.8. The van der Waals surface area contributed by atoms with Gasteiger partial charge in [-0.05, 0) is 91.0 Å². The van der Waals surface area contributed by atoms with Crippen LogP contribution in [0.4, 0.5) is 4.39 Å². The summed E-state index contributed by atoms with van der Waals surface area (Å²) in [5.74, 6) is -1.74. The lowest BCUT2D eigenvalue weighted by Gasteiger charge is -2.60. The summed E-state index contributed by atoms with van der Waals surface area (Å²) in [7, 11) is 0. The zero-order valence-electron chi connectivity index (χ0n) is 37.5. The van der Waals surface area contributed by atoms with Crippen molar-refractivity contribution in [1.29, 1.82) is 0 Å². The molecule has 6 atom stereocenters. The predicted molar refractivity (Wildman–Crippen MR) is 247 cm³/mol. The quantitative estimate of drug-likeness (QED) is 0.0396. The first kappa shape index (κ1) is 48.0. The Bertz CT molecular complexity index is 1940. The van der Waals surface area contributed by atoms with Crippen molar-refractivity contribution in [3.63, 3.8) is 0 Å². The Morgan fingerprint density at radius 2 is 1.59 bits per heavy atom. The van der Waals surface area contributed by atoms with Gasteiger partial charge in [-0.15, -0.1) is 6.58 Å². The number of aromatic hydroxyl groups is 1. The lowest BCUT2D eigenvalue weighted by molar-refractivity contribution is -0.258. The number of carbonyl (C=O) groups is 1. The van der Waals surface area contributed by atoms with Crippen LogP contribution in [0.5, 0.6) is 11.5 Å². The van der Waals surface area contributed by atoms with Gasteiger partial charge in [-0.25, -0.2) is 4.39 Å². The molecule has 63 heavy (non-hydrogen) atoms. The van der Waals surface area contributed by atoms with E-state index in [0.29, 0.717) is 30.7 Å². The fraction of sp³-hybridized carbons (Fsp3) is 0.547. The Kier molecular flexibility index (Phi) is 18.7. The number of ether oxygens (including phenoxy) is 2. The number of halogens is 1. The maximum absolute atomic E-state index is 15.0. The number of aliphatic hydroxyl groups is 2. The number of rotatable bonds is 27. The first-order valence-corrected chi connectivity index (χ1v) is 23.8. The third-order valence-corrected chi connectivity index (χ3v) is 13.4. The molecule has 6 unspecified atom stereocenters. The van der Waals surface area contributed by atoms with Crippen LogP contribution in [-0.2, 0) is 27.5 Å². The van der Waals surface area contributed by atoms with E-state index in [1.165, 1.54) is 44.2 Å². The minimum absolute atomic E-state index is 0.0357. The Morgan fingerprint density at radius 1 is 0.889 bits per heavy atom. The number of oxime groups is 1. The van der Waals surface area contributed by atoms with E-state index in [-0.39, 0.29) is 74.6 Å². The van der Waals surface area contributed by atoms with Crippen LogP contribution in [0.1, 0.15) is 139 Å². The number of aliphatic hydroxyl groups excluding tert-OH is 2. The third kappa shape index (κ3) is 12.4. The zero-order chi connectivity index (χ0) is 44.4. The average Bonchev–Trinajstić information content (AvgIpc) is 3.29. The number of carbonyl (C=O) groups excluding carboxylic acids is 1. The van der Waals surface area contributed by atoms with Crippen molar-refractivity contribution in [1.82, 2.24) is 4.90 Å². The molecule has 0 saturated heterocycles. The number of hydrogen-bond acceptors (Lipinski definition) is 8. The fourth-order valence-electron chi connectivity index (χ4n) is 10.3. The maximum atomic E-state index is 15.0. The molecule has 1 aliphatic heterocycles. The molecule has 0 spiro atoms. The van der Waals surface area contributed by atoms with Gasteiger partial charge in [0.15, 0.2) is 0 Å². The molecule has 9 nitrogen and oxygen atoms in total. The molecule has 3 aliphatic rings. The summed E-state index contributed by atoms with van der Waals surface area (Å²) >= 11 is 0. The zero-order valence-corrected chi connectivity index (χ0v) is 37.5. The number of hydrogen-bond donors (Lipinski definition) is 3. The molecule has 6 rings (SSSR count). The van der Waals surface area contributed by atoms with Gasteiger partial charge in [0.05, 0.1) is 18.2 Å². The topological polar surface area (TPSA) is 121 Å². The predicted octanol–water partition coefficient (Wildman–Crippen LogP) is 11.3. The van der Waals surface area contributed by atoms with Crippen LogP contribution in [0.15, 0.2) is 102 Å². The molecular weight excluding hydrogens is 796 g/mol. The third-order valence-electron chi connectivity index (χ3n) is 13.4. The Balaban J connectivity index is 1.48. The molecule has 2 aliphatic carbocycles. The molecule has 3 N–H and O–H groups in total. The number of allylic oxidation sites excluding steroid dienone is 1. The van der Waals surface area contributed by atoms with Crippen molar-refractivity contribution in [2.75, 3.05) is 19.8 Å². The van der Waals surface area contributed by atoms with Gasteiger partial charge in [0, 0.05) is 44.1 Å². The summed E-state index contributed by atoms with van der Waals surface area (Å²) in [5.41, 5.74) is 4.25. The van der Waals surface area contributed by atoms with E-state index in [0.717, 1.165) is 73.6 Å². The average molecular weight is 867 g/mol. The molecule has 1 saturated carbocycles. The fourth-order valence-corrected chi connectivity index (χ4v) is 10.3. The number of nitrogens with zero attached hydrogens (tertiary/aromatic N) is 2. The molecule has 3 aromatic rings. The number of phenols is 1. The van der Waals surface area contributed by atoms with Crippen molar-refractivity contribution in [2.24, 2.45) is 22.9 Å². The summed E-state index contributed by atoms with van der Waals surface area (Å²) in [5, 5.41) is 35.8. The van der Waals surface area contributed by atoms with E-state index in [9.17, 15) is 19.7 Å². The van der Waals surface area contributed by atoms with E-state index in [2.05, 4.69) is 19.6 Å². The number of phenolic OH excluding ortho intramolecular Hbond substituents is 1. The van der Waals surface area contributed by atoms with E-state index in [1.54, 1.807) is 24.3 Å². The Hall–Kier alpha value is -4.51. The molecule has 0 bridgehead atoms. The van der Waals surface area contributed by atoms with Gasteiger partial charge in [-0.2, -0.15) is 0 Å². The molecule has 1 amide bonds. The van der Waals surface area contributed by atoms with Gasteiger partial charge in [0.1, 0.15) is 30.0 Å². The second kappa shape index (κ2) is 24.5. The summed E-state index contributed by atoms with van der Waals surface area (Å²) in [6, 6.07) is 20.8. The van der Waals surface area contributed by atoms with Gasteiger partial charge >= 0.3 is 0 Å². The molecule has 1 heterocycles.